The lowest BCUT2D eigenvalue weighted by atomic mass is 9.73. The number of piperidine rings is 1. The van der Waals surface area contributed by atoms with Gasteiger partial charge in [-0.1, -0.05) is 18.6 Å². The molecule has 4 rings (SSSR count). The van der Waals surface area contributed by atoms with Gasteiger partial charge in [-0.3, -0.25) is 14.4 Å². The molecule has 8 nitrogen and oxygen atoms in total. The minimum Gasteiger partial charge on any atom is -0.483 e. The number of rotatable bonds is 3. The van der Waals surface area contributed by atoms with Crippen LogP contribution < -0.4 is 15.4 Å². The molecule has 1 atom stereocenters. The molecule has 0 radical (unpaired) electrons. The first kappa shape index (κ1) is 25.5. The summed E-state index contributed by atoms with van der Waals surface area (Å²) in [5, 5.41) is 5.73. The summed E-state index contributed by atoms with van der Waals surface area (Å²) in [5.41, 5.74) is 2.00. The van der Waals surface area contributed by atoms with Gasteiger partial charge in [0, 0.05) is 26.2 Å². The Kier molecular flexibility index (Phi) is 8.65. The maximum absolute atomic E-state index is 13.3. The Balaban J connectivity index is 1.35. The molecule has 0 bridgehead atoms. The summed E-state index contributed by atoms with van der Waals surface area (Å²) >= 11 is 0. The Hall–Kier alpha value is -2.61. The van der Waals surface area contributed by atoms with Crippen LogP contribution in [0.2, 0.25) is 0 Å². The number of hydrogen-bond donors (Lipinski definition) is 2. The van der Waals surface area contributed by atoms with E-state index in [-0.39, 0.29) is 24.3 Å². The largest absolute Gasteiger partial charge is 0.483 e. The van der Waals surface area contributed by atoms with Gasteiger partial charge in [-0.25, -0.2) is 0 Å². The lowest BCUT2D eigenvalue weighted by Gasteiger charge is -2.41. The Labute approximate surface area is 208 Å². The number of hydrogen-bond acceptors (Lipinski definition) is 5. The highest BCUT2D eigenvalue weighted by Crippen LogP contribution is 2.37. The fraction of sp³-hybridized carbons (Fsp3) is 0.667. The van der Waals surface area contributed by atoms with Crippen LogP contribution in [0, 0.1) is 5.41 Å². The van der Waals surface area contributed by atoms with Crippen molar-refractivity contribution in [2.45, 2.75) is 70.8 Å². The van der Waals surface area contributed by atoms with Crippen LogP contribution in [0.4, 0.5) is 0 Å². The molecule has 2 fully saturated rings. The first-order chi connectivity index (χ1) is 17.0. The van der Waals surface area contributed by atoms with Crippen LogP contribution in [0.25, 0.3) is 0 Å². The molecule has 2 aliphatic heterocycles. The number of carbonyl (C=O) groups excluding carboxylic acids is 3. The molecule has 3 aliphatic rings. The van der Waals surface area contributed by atoms with Gasteiger partial charge in [0.25, 0.3) is 5.91 Å². The number of amides is 3. The van der Waals surface area contributed by atoms with Crippen LogP contribution in [-0.4, -0.2) is 68.1 Å². The molecule has 3 amide bonds. The zero-order chi connectivity index (χ0) is 24.7. The number of fused-ring (bicyclic) bond motifs is 1. The standard InChI is InChI=1S/C27H39N3O5/c1-20-25(32)28-14-18-34-17-5-4-11-27(26(33)29-20)12-15-30(16-13-27)24(31)19-35-23-10-6-8-21-7-2-3-9-22(21)23/h6,8,10,20H,2-5,7,9,11-19H2,1H3,(H,28,32)(H,29,33)/t20-/m0/s1. The van der Waals surface area contributed by atoms with Crippen LogP contribution in [0.1, 0.15) is 63.0 Å². The van der Waals surface area contributed by atoms with E-state index >= 15 is 0 Å². The summed E-state index contributed by atoms with van der Waals surface area (Å²) in [6, 6.07) is 5.51. The third-order valence-electron chi connectivity index (χ3n) is 7.74. The van der Waals surface area contributed by atoms with E-state index in [1.165, 1.54) is 17.5 Å². The smallest absolute Gasteiger partial charge is 0.260 e. The van der Waals surface area contributed by atoms with Gasteiger partial charge in [0.05, 0.1) is 12.0 Å². The van der Waals surface area contributed by atoms with Crippen LogP contribution in [-0.2, 0) is 32.0 Å². The van der Waals surface area contributed by atoms with Crippen molar-refractivity contribution < 1.29 is 23.9 Å². The molecule has 1 spiro atoms. The normalized spacial score (nSPS) is 23.7. The average Bonchev–Trinajstić information content (AvgIpc) is 2.89. The summed E-state index contributed by atoms with van der Waals surface area (Å²) in [4.78, 5) is 40.4. The number of nitrogens with zero attached hydrogens (tertiary/aromatic N) is 1. The maximum Gasteiger partial charge on any atom is 0.260 e. The van der Waals surface area contributed by atoms with E-state index in [1.54, 1.807) is 6.92 Å². The van der Waals surface area contributed by atoms with Crippen molar-refractivity contribution in [1.29, 1.82) is 0 Å². The van der Waals surface area contributed by atoms with Gasteiger partial charge in [0.1, 0.15) is 11.8 Å². The molecule has 0 saturated carbocycles. The van der Waals surface area contributed by atoms with Crippen molar-refractivity contribution >= 4 is 17.7 Å². The predicted octanol–water partition coefficient (Wildman–Crippen LogP) is 2.37. The molecule has 0 aromatic heterocycles. The summed E-state index contributed by atoms with van der Waals surface area (Å²) in [5.74, 6) is 0.497. The van der Waals surface area contributed by atoms with Gasteiger partial charge in [0.2, 0.25) is 11.8 Å². The minimum absolute atomic E-state index is 0.0180. The van der Waals surface area contributed by atoms with Crippen LogP contribution in [0.5, 0.6) is 5.75 Å². The number of carbonyl (C=O) groups is 3. The van der Waals surface area contributed by atoms with Crippen molar-refractivity contribution in [1.82, 2.24) is 15.5 Å². The second-order valence-corrected chi connectivity index (χ2v) is 10.1. The van der Waals surface area contributed by atoms with Crippen LogP contribution >= 0.6 is 0 Å². The fourth-order valence-corrected chi connectivity index (χ4v) is 5.47. The Morgan fingerprint density at radius 3 is 2.71 bits per heavy atom. The van der Waals surface area contributed by atoms with E-state index in [2.05, 4.69) is 16.7 Å². The first-order valence-electron chi connectivity index (χ1n) is 13.2. The number of benzene rings is 1. The monoisotopic (exact) mass is 485 g/mol. The zero-order valence-corrected chi connectivity index (χ0v) is 20.9. The number of likely N-dealkylation sites (tertiary alicyclic amines) is 1. The van der Waals surface area contributed by atoms with E-state index in [0.717, 1.165) is 44.3 Å². The highest BCUT2D eigenvalue weighted by molar-refractivity contribution is 5.90. The summed E-state index contributed by atoms with van der Waals surface area (Å²) in [7, 11) is 0. The molecule has 35 heavy (non-hydrogen) atoms. The third kappa shape index (κ3) is 6.34. The number of ether oxygens (including phenoxy) is 2. The van der Waals surface area contributed by atoms with Crippen LogP contribution in [0.15, 0.2) is 18.2 Å². The van der Waals surface area contributed by atoms with Crippen molar-refractivity contribution in [2.24, 2.45) is 5.41 Å². The third-order valence-corrected chi connectivity index (χ3v) is 7.74. The van der Waals surface area contributed by atoms with E-state index in [0.29, 0.717) is 45.7 Å². The molecule has 0 unspecified atom stereocenters. The van der Waals surface area contributed by atoms with E-state index in [9.17, 15) is 14.4 Å². The summed E-state index contributed by atoms with van der Waals surface area (Å²) in [6.07, 6.45) is 8.08. The average molecular weight is 486 g/mol. The Morgan fingerprint density at radius 1 is 1.09 bits per heavy atom. The molecular formula is C27H39N3O5. The lowest BCUT2D eigenvalue weighted by Crippen LogP contribution is -2.54. The lowest BCUT2D eigenvalue weighted by molar-refractivity contribution is -0.143. The van der Waals surface area contributed by atoms with Gasteiger partial charge >= 0.3 is 0 Å². The molecule has 2 heterocycles. The molecule has 192 valence electrons. The Bertz CT molecular complexity index is 910. The molecule has 1 aromatic carbocycles. The predicted molar refractivity (Wildman–Crippen MR) is 132 cm³/mol. The zero-order valence-electron chi connectivity index (χ0n) is 20.9. The van der Waals surface area contributed by atoms with Crippen LogP contribution in [0.3, 0.4) is 0 Å². The summed E-state index contributed by atoms with van der Waals surface area (Å²) < 4.78 is 11.6. The van der Waals surface area contributed by atoms with Gasteiger partial charge in [-0.15, -0.1) is 0 Å². The van der Waals surface area contributed by atoms with Crippen molar-refractivity contribution in [3.05, 3.63) is 29.3 Å². The number of aryl methyl sites for hydroxylation is 1. The fourth-order valence-electron chi connectivity index (χ4n) is 5.47. The number of nitrogens with one attached hydrogen (secondary N) is 2. The minimum atomic E-state index is -0.606. The molecule has 8 heteroatoms. The van der Waals surface area contributed by atoms with Gasteiger partial charge in [-0.05, 0) is 75.5 Å². The first-order valence-corrected chi connectivity index (χ1v) is 13.2. The van der Waals surface area contributed by atoms with E-state index in [4.69, 9.17) is 9.47 Å². The summed E-state index contributed by atoms with van der Waals surface area (Å²) in [6.45, 7) is 4.29. The van der Waals surface area contributed by atoms with E-state index < -0.39 is 11.5 Å². The maximum atomic E-state index is 13.3. The van der Waals surface area contributed by atoms with E-state index in [1.807, 2.05) is 17.0 Å². The van der Waals surface area contributed by atoms with Crippen molar-refractivity contribution in [3.63, 3.8) is 0 Å². The quantitative estimate of drug-likeness (QED) is 0.685. The SMILES string of the molecule is C[C@@H]1NC(=O)C2(CCCCOCCNC1=O)CCN(C(=O)COc1cccc3c1CCCC3)CC2. The molecule has 2 saturated heterocycles. The molecule has 2 N–H and O–H groups in total. The second kappa shape index (κ2) is 11.9. The highest BCUT2D eigenvalue weighted by Gasteiger charge is 2.42. The van der Waals surface area contributed by atoms with Crippen molar-refractivity contribution in [3.8, 4) is 5.75 Å². The van der Waals surface area contributed by atoms with Gasteiger partial charge in [0.15, 0.2) is 6.61 Å². The van der Waals surface area contributed by atoms with Gasteiger partial charge in [-0.2, -0.15) is 0 Å². The van der Waals surface area contributed by atoms with Gasteiger partial charge < -0.3 is 25.0 Å². The molecule has 1 aliphatic carbocycles. The molecular weight excluding hydrogens is 446 g/mol. The second-order valence-electron chi connectivity index (χ2n) is 10.1. The van der Waals surface area contributed by atoms with Crippen molar-refractivity contribution in [2.75, 3.05) is 39.5 Å². The molecule has 1 aromatic rings. The Morgan fingerprint density at radius 2 is 1.89 bits per heavy atom. The highest BCUT2D eigenvalue weighted by atomic mass is 16.5. The topological polar surface area (TPSA) is 97.0 Å².